The van der Waals surface area contributed by atoms with Gasteiger partial charge in [-0.3, -0.25) is 4.79 Å². The summed E-state index contributed by atoms with van der Waals surface area (Å²) in [5.74, 6) is 0.140. The predicted molar refractivity (Wildman–Crippen MR) is 95.7 cm³/mol. The third kappa shape index (κ3) is 5.24. The molecule has 1 N–H and O–H groups in total. The quantitative estimate of drug-likeness (QED) is 0.844. The highest BCUT2D eigenvalue weighted by Crippen LogP contribution is 2.28. The third-order valence-electron chi connectivity index (χ3n) is 3.98. The SMILES string of the molecule is CC(Sc1ccc(C(C)(C)C)cc1)C(=O)NC1CCS(=O)(=O)C1. The van der Waals surface area contributed by atoms with E-state index in [0.29, 0.717) is 6.42 Å². The van der Waals surface area contributed by atoms with Crippen molar-refractivity contribution in [2.75, 3.05) is 11.5 Å². The average molecular weight is 356 g/mol. The monoisotopic (exact) mass is 355 g/mol. The van der Waals surface area contributed by atoms with Crippen molar-refractivity contribution >= 4 is 27.5 Å². The van der Waals surface area contributed by atoms with Gasteiger partial charge in [0, 0.05) is 10.9 Å². The van der Waals surface area contributed by atoms with Gasteiger partial charge in [0.2, 0.25) is 5.91 Å². The lowest BCUT2D eigenvalue weighted by molar-refractivity contribution is -0.120. The van der Waals surface area contributed by atoms with E-state index in [0.717, 1.165) is 4.90 Å². The van der Waals surface area contributed by atoms with Crippen molar-refractivity contribution in [3.05, 3.63) is 29.8 Å². The molecule has 1 aromatic rings. The Morgan fingerprint density at radius 2 is 1.87 bits per heavy atom. The number of nitrogens with one attached hydrogen (secondary N) is 1. The van der Waals surface area contributed by atoms with E-state index >= 15 is 0 Å². The largest absolute Gasteiger partial charge is 0.351 e. The second kappa shape index (κ2) is 6.85. The number of carbonyl (C=O) groups excluding carboxylic acids is 1. The molecule has 0 aliphatic carbocycles. The van der Waals surface area contributed by atoms with Crippen LogP contribution >= 0.6 is 11.8 Å². The van der Waals surface area contributed by atoms with Gasteiger partial charge in [0.05, 0.1) is 16.8 Å². The van der Waals surface area contributed by atoms with Crippen LogP contribution in [-0.2, 0) is 20.0 Å². The maximum atomic E-state index is 12.2. The number of hydrogen-bond acceptors (Lipinski definition) is 4. The molecule has 1 aliphatic heterocycles. The normalized spacial score (nSPS) is 21.8. The van der Waals surface area contributed by atoms with Crippen LogP contribution in [0.5, 0.6) is 0 Å². The molecule has 0 radical (unpaired) electrons. The molecule has 0 saturated carbocycles. The van der Waals surface area contributed by atoms with E-state index in [1.54, 1.807) is 0 Å². The molecule has 1 saturated heterocycles. The van der Waals surface area contributed by atoms with Gasteiger partial charge in [-0.05, 0) is 36.5 Å². The second-order valence-electron chi connectivity index (χ2n) is 7.14. The highest BCUT2D eigenvalue weighted by molar-refractivity contribution is 8.00. The molecule has 2 atom stereocenters. The lowest BCUT2D eigenvalue weighted by atomic mass is 9.87. The van der Waals surface area contributed by atoms with Crippen molar-refractivity contribution < 1.29 is 13.2 Å². The van der Waals surface area contributed by atoms with Crippen molar-refractivity contribution in [1.29, 1.82) is 0 Å². The number of carbonyl (C=O) groups is 1. The Morgan fingerprint density at radius 1 is 1.26 bits per heavy atom. The molecular weight excluding hydrogens is 330 g/mol. The van der Waals surface area contributed by atoms with E-state index in [4.69, 9.17) is 0 Å². The fraction of sp³-hybridized carbons (Fsp3) is 0.588. The Balaban J connectivity index is 1.91. The molecule has 23 heavy (non-hydrogen) atoms. The zero-order valence-electron chi connectivity index (χ0n) is 14.1. The third-order valence-corrected chi connectivity index (χ3v) is 6.86. The van der Waals surface area contributed by atoms with E-state index in [2.05, 4.69) is 38.2 Å². The zero-order chi connectivity index (χ0) is 17.3. The number of benzene rings is 1. The van der Waals surface area contributed by atoms with Crippen molar-refractivity contribution in [1.82, 2.24) is 5.32 Å². The molecule has 0 spiro atoms. The molecule has 1 amide bonds. The molecule has 1 aliphatic rings. The maximum absolute atomic E-state index is 12.2. The number of thioether (sulfide) groups is 1. The Labute approximate surface area is 143 Å². The molecule has 6 heteroatoms. The highest BCUT2D eigenvalue weighted by Gasteiger charge is 2.30. The van der Waals surface area contributed by atoms with Gasteiger partial charge in [0.25, 0.3) is 0 Å². The van der Waals surface area contributed by atoms with Crippen molar-refractivity contribution in [3.8, 4) is 0 Å². The zero-order valence-corrected chi connectivity index (χ0v) is 15.8. The summed E-state index contributed by atoms with van der Waals surface area (Å²) in [6, 6.07) is 8.02. The molecule has 0 bridgehead atoms. The van der Waals surface area contributed by atoms with Crippen LogP contribution in [0.2, 0.25) is 0 Å². The molecule has 2 unspecified atom stereocenters. The fourth-order valence-corrected chi connectivity index (χ4v) is 5.07. The van der Waals surface area contributed by atoms with E-state index in [1.165, 1.54) is 17.3 Å². The van der Waals surface area contributed by atoms with Crippen LogP contribution in [-0.4, -0.2) is 37.1 Å². The van der Waals surface area contributed by atoms with Crippen LogP contribution < -0.4 is 5.32 Å². The van der Waals surface area contributed by atoms with Crippen LogP contribution in [0, 0.1) is 0 Å². The summed E-state index contributed by atoms with van der Waals surface area (Å²) in [7, 11) is -2.97. The summed E-state index contributed by atoms with van der Waals surface area (Å²) in [4.78, 5) is 13.3. The molecule has 1 heterocycles. The van der Waals surface area contributed by atoms with E-state index in [9.17, 15) is 13.2 Å². The van der Waals surface area contributed by atoms with Crippen LogP contribution in [0.25, 0.3) is 0 Å². The lowest BCUT2D eigenvalue weighted by Gasteiger charge is -2.20. The summed E-state index contributed by atoms with van der Waals surface area (Å²) < 4.78 is 22.9. The first-order chi connectivity index (χ1) is 10.6. The van der Waals surface area contributed by atoms with Crippen molar-refractivity contribution in [2.45, 2.75) is 55.7 Å². The van der Waals surface area contributed by atoms with Gasteiger partial charge in [0.15, 0.2) is 9.84 Å². The first-order valence-corrected chi connectivity index (χ1v) is 10.5. The molecule has 0 aromatic heterocycles. The van der Waals surface area contributed by atoms with Gasteiger partial charge in [-0.1, -0.05) is 32.9 Å². The Bertz CT molecular complexity index is 660. The first kappa shape index (κ1) is 18.3. The van der Waals surface area contributed by atoms with E-state index in [-0.39, 0.29) is 34.1 Å². The fourth-order valence-electron chi connectivity index (χ4n) is 2.52. The summed E-state index contributed by atoms with van der Waals surface area (Å²) >= 11 is 1.49. The van der Waals surface area contributed by atoms with Gasteiger partial charge in [-0.25, -0.2) is 8.42 Å². The van der Waals surface area contributed by atoms with Crippen LogP contribution in [0.3, 0.4) is 0 Å². The highest BCUT2D eigenvalue weighted by atomic mass is 32.2. The smallest absolute Gasteiger partial charge is 0.233 e. The minimum atomic E-state index is -2.97. The minimum Gasteiger partial charge on any atom is -0.351 e. The molecule has 1 fully saturated rings. The minimum absolute atomic E-state index is 0.0659. The number of hydrogen-bond donors (Lipinski definition) is 1. The van der Waals surface area contributed by atoms with Crippen LogP contribution in [0.1, 0.15) is 39.7 Å². The topological polar surface area (TPSA) is 63.2 Å². The second-order valence-corrected chi connectivity index (χ2v) is 10.8. The molecule has 128 valence electrons. The lowest BCUT2D eigenvalue weighted by Crippen LogP contribution is -2.39. The number of sulfone groups is 1. The van der Waals surface area contributed by atoms with Gasteiger partial charge in [0.1, 0.15) is 0 Å². The van der Waals surface area contributed by atoms with E-state index < -0.39 is 9.84 Å². The summed E-state index contributed by atoms with van der Waals surface area (Å²) in [6.07, 6.45) is 0.520. The van der Waals surface area contributed by atoms with Crippen molar-refractivity contribution in [3.63, 3.8) is 0 Å². The van der Waals surface area contributed by atoms with Gasteiger partial charge in [-0.2, -0.15) is 0 Å². The van der Waals surface area contributed by atoms with Gasteiger partial charge >= 0.3 is 0 Å². The van der Waals surface area contributed by atoms with Crippen molar-refractivity contribution in [2.24, 2.45) is 0 Å². The Morgan fingerprint density at radius 3 is 2.35 bits per heavy atom. The Kier molecular flexibility index (Phi) is 5.46. The molecule has 2 rings (SSSR count). The van der Waals surface area contributed by atoms with Gasteiger partial charge in [-0.15, -0.1) is 11.8 Å². The standard InChI is InChI=1S/C17H25NO3S2/c1-12(16(19)18-14-9-10-23(20,21)11-14)22-15-7-5-13(6-8-15)17(2,3)4/h5-8,12,14H,9-11H2,1-4H3,(H,18,19). The molecular formula is C17H25NO3S2. The predicted octanol–water partition coefficient (Wildman–Crippen LogP) is 2.77. The molecule has 1 aromatic carbocycles. The molecule has 4 nitrogen and oxygen atoms in total. The van der Waals surface area contributed by atoms with Crippen LogP contribution in [0.15, 0.2) is 29.2 Å². The van der Waals surface area contributed by atoms with Gasteiger partial charge < -0.3 is 5.32 Å². The summed E-state index contributed by atoms with van der Waals surface area (Å²) in [6.45, 7) is 8.35. The number of rotatable bonds is 4. The average Bonchev–Trinajstić information content (AvgIpc) is 2.77. The summed E-state index contributed by atoms with van der Waals surface area (Å²) in [5.41, 5.74) is 1.37. The Hall–Kier alpha value is -1.01. The first-order valence-electron chi connectivity index (χ1n) is 7.85. The maximum Gasteiger partial charge on any atom is 0.233 e. The van der Waals surface area contributed by atoms with Crippen LogP contribution in [0.4, 0.5) is 0 Å². The number of amides is 1. The van der Waals surface area contributed by atoms with E-state index in [1.807, 2.05) is 19.1 Å². The summed E-state index contributed by atoms with van der Waals surface area (Å²) in [5, 5.41) is 2.60.